The predicted octanol–water partition coefficient (Wildman–Crippen LogP) is 3.58. The summed E-state index contributed by atoms with van der Waals surface area (Å²) in [5.74, 6) is -1.62. The summed E-state index contributed by atoms with van der Waals surface area (Å²) in [4.78, 5) is 45.3. The highest BCUT2D eigenvalue weighted by atomic mass is 16.5. The second-order valence-corrected chi connectivity index (χ2v) is 9.00. The van der Waals surface area contributed by atoms with E-state index in [1.165, 1.54) is 4.90 Å². The van der Waals surface area contributed by atoms with Crippen LogP contribution >= 0.6 is 0 Å². The smallest absolute Gasteiger partial charge is 0.355 e. The van der Waals surface area contributed by atoms with E-state index in [1.54, 1.807) is 45.0 Å². The molecule has 1 aromatic heterocycles. The number of Topliss-reactive ketones (excluding diaryl/α,β-unsaturated/α-hetero) is 1. The van der Waals surface area contributed by atoms with Gasteiger partial charge < -0.3 is 29.4 Å². The van der Waals surface area contributed by atoms with Gasteiger partial charge in [0.1, 0.15) is 17.2 Å². The summed E-state index contributed by atoms with van der Waals surface area (Å²) in [6.07, 6.45) is 0.656. The molecule has 36 heavy (non-hydrogen) atoms. The van der Waals surface area contributed by atoms with Crippen LogP contribution < -0.4 is 4.74 Å². The zero-order chi connectivity index (χ0) is 26.6. The highest BCUT2D eigenvalue weighted by molar-refractivity contribution is 6.46. The molecule has 1 fully saturated rings. The lowest BCUT2D eigenvalue weighted by Gasteiger charge is -2.26. The second kappa shape index (κ2) is 11.4. The number of nitrogens with zero attached hydrogens (tertiary/aromatic N) is 2. The zero-order valence-corrected chi connectivity index (χ0v) is 21.8. The van der Waals surface area contributed by atoms with E-state index in [4.69, 9.17) is 9.47 Å². The molecule has 194 valence electrons. The van der Waals surface area contributed by atoms with Crippen LogP contribution in [0.4, 0.5) is 0 Å². The third kappa shape index (κ3) is 5.31. The SMILES string of the molecule is CCOC(=O)c1[nH]c(C)c(/C(O)=C2\C(=O)C(=O)N(CCCN(C)C)[C@@H]2c2ccc(OCC)cc2)c1C. The molecule has 0 aliphatic carbocycles. The number of aromatic nitrogens is 1. The molecule has 1 saturated heterocycles. The summed E-state index contributed by atoms with van der Waals surface area (Å²) >= 11 is 0. The van der Waals surface area contributed by atoms with Gasteiger partial charge in [-0.25, -0.2) is 4.79 Å². The Morgan fingerprint density at radius 3 is 2.36 bits per heavy atom. The Labute approximate surface area is 211 Å². The molecule has 2 N–H and O–H groups in total. The monoisotopic (exact) mass is 497 g/mol. The first-order valence-electron chi connectivity index (χ1n) is 12.1. The van der Waals surface area contributed by atoms with E-state index in [-0.39, 0.29) is 23.6 Å². The molecule has 1 atom stereocenters. The number of aromatic amines is 1. The largest absolute Gasteiger partial charge is 0.507 e. The molecule has 9 heteroatoms. The Kier molecular flexibility index (Phi) is 8.57. The van der Waals surface area contributed by atoms with Gasteiger partial charge in [0.25, 0.3) is 11.7 Å². The van der Waals surface area contributed by atoms with Crippen LogP contribution in [0.15, 0.2) is 29.8 Å². The number of ether oxygens (including phenoxy) is 2. The molecular formula is C27H35N3O6. The average Bonchev–Trinajstić information content (AvgIpc) is 3.27. The Hall–Kier alpha value is -3.59. The van der Waals surface area contributed by atoms with Gasteiger partial charge in [-0.05, 0) is 78.0 Å². The van der Waals surface area contributed by atoms with Crippen molar-refractivity contribution in [3.63, 3.8) is 0 Å². The van der Waals surface area contributed by atoms with Crippen LogP contribution in [0, 0.1) is 13.8 Å². The number of rotatable bonds is 10. The number of ketones is 1. The van der Waals surface area contributed by atoms with Gasteiger partial charge >= 0.3 is 5.97 Å². The van der Waals surface area contributed by atoms with Crippen LogP contribution in [0.25, 0.3) is 5.76 Å². The first-order chi connectivity index (χ1) is 17.1. The summed E-state index contributed by atoms with van der Waals surface area (Å²) in [6, 6.07) is 6.39. The van der Waals surface area contributed by atoms with Crippen LogP contribution in [0.3, 0.4) is 0 Å². The molecule has 1 aliphatic rings. The van der Waals surface area contributed by atoms with Crippen molar-refractivity contribution in [1.29, 1.82) is 0 Å². The van der Waals surface area contributed by atoms with Crippen molar-refractivity contribution in [2.45, 2.75) is 40.2 Å². The standard InChI is InChI=1S/C27H35N3O6/c1-7-35-19-12-10-18(11-13-19)23-21(25(32)26(33)30(23)15-9-14-29(5)6)24(31)20-16(3)22(28-17(20)4)27(34)36-8-2/h10-13,23,28,31H,7-9,14-15H2,1-6H3/b24-21+/t23-/m1/s1. The molecule has 2 aromatic rings. The van der Waals surface area contributed by atoms with Crippen molar-refractivity contribution in [2.75, 3.05) is 40.4 Å². The van der Waals surface area contributed by atoms with E-state index in [0.29, 0.717) is 47.7 Å². The fraction of sp³-hybridized carbons (Fsp3) is 0.444. The van der Waals surface area contributed by atoms with Crippen molar-refractivity contribution in [3.8, 4) is 5.75 Å². The van der Waals surface area contributed by atoms with Gasteiger partial charge in [-0.2, -0.15) is 0 Å². The number of esters is 1. The number of hydrogen-bond acceptors (Lipinski definition) is 7. The van der Waals surface area contributed by atoms with E-state index < -0.39 is 23.7 Å². The first-order valence-corrected chi connectivity index (χ1v) is 12.1. The van der Waals surface area contributed by atoms with E-state index in [0.717, 1.165) is 6.54 Å². The Morgan fingerprint density at radius 1 is 1.11 bits per heavy atom. The summed E-state index contributed by atoms with van der Waals surface area (Å²) in [7, 11) is 3.88. The van der Waals surface area contributed by atoms with Crippen molar-refractivity contribution >= 4 is 23.4 Å². The van der Waals surface area contributed by atoms with Gasteiger partial charge in [0.15, 0.2) is 0 Å². The van der Waals surface area contributed by atoms with Gasteiger partial charge in [-0.1, -0.05) is 12.1 Å². The van der Waals surface area contributed by atoms with Crippen LogP contribution in [0.2, 0.25) is 0 Å². The number of H-pyrrole nitrogens is 1. The van der Waals surface area contributed by atoms with Crippen LogP contribution in [0.5, 0.6) is 5.75 Å². The topological polar surface area (TPSA) is 112 Å². The van der Waals surface area contributed by atoms with Crippen LogP contribution in [-0.2, 0) is 14.3 Å². The van der Waals surface area contributed by atoms with Crippen molar-refractivity contribution < 1.29 is 29.0 Å². The van der Waals surface area contributed by atoms with Gasteiger partial charge in [0.2, 0.25) is 0 Å². The fourth-order valence-electron chi connectivity index (χ4n) is 4.57. The molecule has 9 nitrogen and oxygen atoms in total. The third-order valence-electron chi connectivity index (χ3n) is 6.21. The van der Waals surface area contributed by atoms with Crippen LogP contribution in [-0.4, -0.2) is 77.9 Å². The summed E-state index contributed by atoms with van der Waals surface area (Å²) < 4.78 is 10.7. The number of carbonyl (C=O) groups is 3. The van der Waals surface area contributed by atoms with Crippen molar-refractivity contribution in [1.82, 2.24) is 14.8 Å². The molecule has 0 radical (unpaired) electrons. The molecule has 0 saturated carbocycles. The van der Waals surface area contributed by atoms with Crippen molar-refractivity contribution in [2.24, 2.45) is 0 Å². The van der Waals surface area contributed by atoms with Crippen molar-refractivity contribution in [3.05, 3.63) is 57.9 Å². The number of likely N-dealkylation sites (tertiary alicyclic amines) is 1. The fourth-order valence-corrected chi connectivity index (χ4v) is 4.57. The lowest BCUT2D eigenvalue weighted by Crippen LogP contribution is -2.32. The van der Waals surface area contributed by atoms with Gasteiger partial charge in [-0.15, -0.1) is 0 Å². The third-order valence-corrected chi connectivity index (χ3v) is 6.21. The highest BCUT2D eigenvalue weighted by Crippen LogP contribution is 2.41. The van der Waals surface area contributed by atoms with E-state index >= 15 is 0 Å². The van der Waals surface area contributed by atoms with Gasteiger partial charge in [0, 0.05) is 17.8 Å². The molecule has 0 bridgehead atoms. The predicted molar refractivity (Wildman–Crippen MR) is 136 cm³/mol. The average molecular weight is 498 g/mol. The molecule has 2 heterocycles. The molecule has 1 amide bonds. The maximum absolute atomic E-state index is 13.3. The van der Waals surface area contributed by atoms with Crippen LogP contribution in [0.1, 0.15) is 59.2 Å². The molecule has 0 unspecified atom stereocenters. The summed E-state index contributed by atoms with van der Waals surface area (Å²) in [5.41, 5.74) is 2.15. The van der Waals surface area contributed by atoms with Gasteiger partial charge in [-0.3, -0.25) is 9.59 Å². The first kappa shape index (κ1) is 27.0. The Bertz CT molecular complexity index is 1160. The maximum Gasteiger partial charge on any atom is 0.355 e. The number of hydrogen-bond donors (Lipinski definition) is 2. The number of nitrogens with one attached hydrogen (secondary N) is 1. The molecule has 3 rings (SSSR count). The number of aliphatic hydroxyl groups excluding tert-OH is 1. The second-order valence-electron chi connectivity index (χ2n) is 9.00. The minimum atomic E-state index is -0.775. The summed E-state index contributed by atoms with van der Waals surface area (Å²) in [5, 5.41) is 11.5. The molecule has 1 aliphatic heterocycles. The minimum Gasteiger partial charge on any atom is -0.507 e. The zero-order valence-electron chi connectivity index (χ0n) is 21.8. The number of benzene rings is 1. The summed E-state index contributed by atoms with van der Waals surface area (Å²) in [6.45, 7) is 8.75. The lowest BCUT2D eigenvalue weighted by molar-refractivity contribution is -0.139. The number of aliphatic hydroxyl groups is 1. The molecule has 0 spiro atoms. The number of aryl methyl sites for hydroxylation is 1. The molecule has 1 aromatic carbocycles. The Balaban J connectivity index is 2.14. The highest BCUT2D eigenvalue weighted by Gasteiger charge is 2.46. The minimum absolute atomic E-state index is 0.00498. The maximum atomic E-state index is 13.3. The Morgan fingerprint density at radius 2 is 1.78 bits per heavy atom. The van der Waals surface area contributed by atoms with E-state index in [1.807, 2.05) is 25.9 Å². The molecular weight excluding hydrogens is 462 g/mol. The van der Waals surface area contributed by atoms with E-state index in [9.17, 15) is 19.5 Å². The number of amides is 1. The van der Waals surface area contributed by atoms with Gasteiger partial charge in [0.05, 0.1) is 24.8 Å². The van der Waals surface area contributed by atoms with E-state index in [2.05, 4.69) is 4.98 Å². The normalized spacial score (nSPS) is 17.2. The quantitative estimate of drug-likeness (QED) is 0.223. The lowest BCUT2D eigenvalue weighted by atomic mass is 9.94. The number of carbonyl (C=O) groups excluding carboxylic acids is 3.